The van der Waals surface area contributed by atoms with Gasteiger partial charge < -0.3 is 20.3 Å². The lowest BCUT2D eigenvalue weighted by molar-refractivity contribution is -0.144. The van der Waals surface area contributed by atoms with Gasteiger partial charge in [-0.25, -0.2) is 8.42 Å². The SMILES string of the molecule is CC(C)(C)[C@H](NS(=O)(=O)C(F)(F)F)C(=O)N1C[C@H]2[C@@H]([C@H]1C(=O)N[C@@H](C[C@@H]1CCNC1=O)C(=O)COc1cccc(C(F)(F)F)c1)C2(C)C. The minimum absolute atomic E-state index is 0.0722. The summed E-state index contributed by atoms with van der Waals surface area (Å²) in [4.78, 5) is 54.6. The third-order valence-corrected chi connectivity index (χ3v) is 10.5. The van der Waals surface area contributed by atoms with Crippen LogP contribution in [0.2, 0.25) is 0 Å². The maximum atomic E-state index is 14.0. The molecule has 1 aromatic carbocycles. The molecule has 2 heterocycles. The molecule has 0 spiro atoms. The Morgan fingerprint density at radius 1 is 1.10 bits per heavy atom. The highest BCUT2D eigenvalue weighted by molar-refractivity contribution is 7.90. The summed E-state index contributed by atoms with van der Waals surface area (Å²) in [6, 6.07) is -0.815. The fraction of sp³-hybridized carbons (Fsp3) is 0.667. The first-order valence-corrected chi connectivity index (χ1v) is 16.6. The molecule has 2 saturated heterocycles. The van der Waals surface area contributed by atoms with Crippen molar-refractivity contribution in [1.82, 2.24) is 20.3 Å². The van der Waals surface area contributed by atoms with Crippen LogP contribution in [-0.4, -0.2) is 80.2 Å². The Balaban J connectivity index is 1.59. The number of nitrogens with zero attached hydrogens (tertiary/aromatic N) is 1. The van der Waals surface area contributed by atoms with E-state index >= 15 is 0 Å². The minimum atomic E-state index is -5.96. The molecule has 6 atom stereocenters. The molecule has 0 unspecified atom stereocenters. The van der Waals surface area contributed by atoms with Gasteiger partial charge in [0.25, 0.3) is 0 Å². The molecular formula is C30H38F6N4O7S. The first kappa shape index (κ1) is 37.4. The number of sulfonamides is 1. The van der Waals surface area contributed by atoms with E-state index in [1.807, 2.05) is 13.8 Å². The molecule has 3 amide bonds. The van der Waals surface area contributed by atoms with Crippen molar-refractivity contribution in [3.8, 4) is 5.75 Å². The van der Waals surface area contributed by atoms with Gasteiger partial charge in [0, 0.05) is 19.0 Å². The minimum Gasteiger partial charge on any atom is -0.486 e. The molecule has 48 heavy (non-hydrogen) atoms. The Morgan fingerprint density at radius 3 is 2.29 bits per heavy atom. The number of alkyl halides is 6. The van der Waals surface area contributed by atoms with Crippen molar-refractivity contribution in [3.63, 3.8) is 0 Å². The number of hydrogen-bond acceptors (Lipinski definition) is 7. The zero-order chi connectivity index (χ0) is 36.2. The van der Waals surface area contributed by atoms with Gasteiger partial charge in [0.15, 0.2) is 5.78 Å². The van der Waals surface area contributed by atoms with E-state index in [9.17, 15) is 53.9 Å². The van der Waals surface area contributed by atoms with Crippen molar-refractivity contribution < 1.29 is 58.7 Å². The number of amides is 3. The smallest absolute Gasteiger partial charge is 0.486 e. The molecule has 3 aliphatic rings. The third-order valence-electron chi connectivity index (χ3n) is 9.38. The summed E-state index contributed by atoms with van der Waals surface area (Å²) in [6.45, 7) is 7.18. The first-order valence-electron chi connectivity index (χ1n) is 15.2. The number of halogens is 6. The third kappa shape index (κ3) is 7.74. The van der Waals surface area contributed by atoms with E-state index in [0.717, 1.165) is 17.0 Å². The second-order valence-corrected chi connectivity index (χ2v) is 15.8. The molecule has 3 fully saturated rings. The lowest BCUT2D eigenvalue weighted by Gasteiger charge is -2.37. The van der Waals surface area contributed by atoms with Gasteiger partial charge in [-0.05, 0) is 53.7 Å². The largest absolute Gasteiger partial charge is 0.511 e. The van der Waals surface area contributed by atoms with Crippen LogP contribution in [-0.2, 0) is 35.4 Å². The molecule has 0 aromatic heterocycles. The molecule has 0 radical (unpaired) electrons. The van der Waals surface area contributed by atoms with Gasteiger partial charge in [-0.15, -0.1) is 0 Å². The van der Waals surface area contributed by atoms with Crippen LogP contribution in [0.5, 0.6) is 5.75 Å². The molecule has 3 N–H and O–H groups in total. The summed E-state index contributed by atoms with van der Waals surface area (Å²) in [5.41, 5.74) is -8.58. The van der Waals surface area contributed by atoms with Crippen LogP contribution in [0, 0.1) is 28.6 Å². The van der Waals surface area contributed by atoms with Crippen molar-refractivity contribution in [2.45, 2.75) is 77.3 Å². The number of benzene rings is 1. The van der Waals surface area contributed by atoms with Crippen LogP contribution in [0.15, 0.2) is 24.3 Å². The molecule has 1 saturated carbocycles. The van der Waals surface area contributed by atoms with Crippen molar-refractivity contribution >= 4 is 33.5 Å². The molecule has 1 aliphatic carbocycles. The number of nitrogens with one attached hydrogen (secondary N) is 3. The van der Waals surface area contributed by atoms with Gasteiger partial charge in [0.2, 0.25) is 17.7 Å². The maximum absolute atomic E-state index is 14.0. The van der Waals surface area contributed by atoms with E-state index in [0.29, 0.717) is 19.0 Å². The molecule has 18 heteroatoms. The molecule has 11 nitrogen and oxygen atoms in total. The van der Waals surface area contributed by atoms with Crippen LogP contribution in [0.3, 0.4) is 0 Å². The highest BCUT2D eigenvalue weighted by atomic mass is 32.2. The molecular weight excluding hydrogens is 674 g/mol. The maximum Gasteiger partial charge on any atom is 0.511 e. The highest BCUT2D eigenvalue weighted by Gasteiger charge is 2.70. The monoisotopic (exact) mass is 712 g/mol. The molecule has 2 aliphatic heterocycles. The van der Waals surface area contributed by atoms with Crippen molar-refractivity contribution in [3.05, 3.63) is 29.8 Å². The predicted molar refractivity (Wildman–Crippen MR) is 157 cm³/mol. The van der Waals surface area contributed by atoms with Crippen molar-refractivity contribution in [2.75, 3.05) is 19.7 Å². The summed E-state index contributed by atoms with van der Waals surface area (Å²) < 4.78 is 110. The second kappa shape index (κ2) is 12.8. The van der Waals surface area contributed by atoms with Crippen molar-refractivity contribution in [1.29, 1.82) is 0 Å². The number of fused-ring (bicyclic) bond motifs is 1. The zero-order valence-corrected chi connectivity index (χ0v) is 27.6. The van der Waals surface area contributed by atoms with Gasteiger partial charge in [-0.2, -0.15) is 31.1 Å². The van der Waals surface area contributed by atoms with Gasteiger partial charge in [-0.3, -0.25) is 19.2 Å². The number of piperidine rings is 1. The van der Waals surface area contributed by atoms with Gasteiger partial charge in [0.1, 0.15) is 24.4 Å². The van der Waals surface area contributed by atoms with E-state index in [1.54, 1.807) is 0 Å². The van der Waals surface area contributed by atoms with Crippen LogP contribution in [0.4, 0.5) is 26.3 Å². The molecule has 0 bridgehead atoms. The standard InChI is InChI=1S/C30H38F6N4O7S/c1-27(2,3)23(39-48(45,46)30(34,35)36)26(44)40-13-18-21(28(18,4)5)22(40)25(43)38-19(11-15-9-10-37-24(15)42)20(41)14-47-17-8-6-7-16(12-17)29(31,32)33/h6-8,12,15,18-19,21-23,39H,9-11,13-14H2,1-5H3,(H,37,42)(H,38,43)/t15-,18-,19-,21-,22-,23+/m0/s1. The Hall–Kier alpha value is -3.41. The topological polar surface area (TPSA) is 151 Å². The lowest BCUT2D eigenvalue weighted by Crippen LogP contribution is -2.61. The molecule has 1 aromatic rings. The van der Waals surface area contributed by atoms with Gasteiger partial charge in [0.05, 0.1) is 11.6 Å². The number of likely N-dealkylation sites (tertiary alicyclic amines) is 1. The Kier molecular flexibility index (Phi) is 9.98. The number of hydrogen-bond donors (Lipinski definition) is 3. The predicted octanol–water partition coefficient (Wildman–Crippen LogP) is 3.00. The Morgan fingerprint density at radius 2 is 1.75 bits per heavy atom. The van der Waals surface area contributed by atoms with Gasteiger partial charge >= 0.3 is 21.7 Å². The normalized spacial score (nSPS) is 25.1. The average Bonchev–Trinajstić information content (AvgIpc) is 3.30. The summed E-state index contributed by atoms with van der Waals surface area (Å²) in [6.07, 6.45) is -4.55. The van der Waals surface area contributed by atoms with E-state index in [4.69, 9.17) is 4.74 Å². The fourth-order valence-corrected chi connectivity index (χ4v) is 7.40. The number of rotatable bonds is 11. The quantitative estimate of drug-likeness (QED) is 0.299. The highest BCUT2D eigenvalue weighted by Crippen LogP contribution is 2.65. The van der Waals surface area contributed by atoms with Crippen molar-refractivity contribution in [2.24, 2.45) is 28.6 Å². The molecule has 4 rings (SSSR count). The van der Waals surface area contributed by atoms with Gasteiger partial charge in [-0.1, -0.05) is 40.7 Å². The summed E-state index contributed by atoms with van der Waals surface area (Å²) in [5, 5.41) is 5.18. The molecule has 268 valence electrons. The first-order chi connectivity index (χ1) is 21.9. The number of carbonyl (C=O) groups excluding carboxylic acids is 4. The summed E-state index contributed by atoms with van der Waals surface area (Å²) >= 11 is 0. The van der Waals surface area contributed by atoms with Crippen LogP contribution < -0.4 is 20.1 Å². The summed E-state index contributed by atoms with van der Waals surface area (Å²) in [7, 11) is -5.96. The Bertz CT molecular complexity index is 1560. The number of Topliss-reactive ketones (excluding diaryl/α,β-unsaturated/α-hetero) is 1. The van der Waals surface area contributed by atoms with Crippen LogP contribution in [0.1, 0.15) is 53.0 Å². The number of ketones is 1. The van der Waals surface area contributed by atoms with E-state index in [-0.39, 0.29) is 30.5 Å². The lowest BCUT2D eigenvalue weighted by atomic mass is 9.86. The van der Waals surface area contributed by atoms with E-state index in [1.165, 1.54) is 31.6 Å². The Labute approximate surface area is 273 Å². The van der Waals surface area contributed by atoms with Crippen LogP contribution >= 0.6 is 0 Å². The van der Waals surface area contributed by atoms with E-state index in [2.05, 4.69) is 10.6 Å². The fourth-order valence-electron chi connectivity index (χ4n) is 6.50. The average molecular weight is 713 g/mol. The van der Waals surface area contributed by atoms with E-state index < -0.39 is 92.3 Å². The number of ether oxygens (including phenoxy) is 1. The number of carbonyl (C=O) groups is 4. The summed E-state index contributed by atoms with van der Waals surface area (Å²) in [5.74, 6) is -4.83. The van der Waals surface area contributed by atoms with Crippen LogP contribution in [0.25, 0.3) is 0 Å². The zero-order valence-electron chi connectivity index (χ0n) is 26.8. The second-order valence-electron chi connectivity index (χ2n) is 14.1.